The van der Waals surface area contributed by atoms with Crippen molar-refractivity contribution in [2.24, 2.45) is 15.9 Å². The van der Waals surface area contributed by atoms with Crippen LogP contribution in [0.3, 0.4) is 0 Å². The fourth-order valence-corrected chi connectivity index (χ4v) is 4.18. The number of likely N-dealkylation sites (tertiary alicyclic amines) is 1. The lowest BCUT2D eigenvalue weighted by Crippen LogP contribution is -2.44. The highest BCUT2D eigenvalue weighted by atomic mass is 19.1. The van der Waals surface area contributed by atoms with E-state index in [2.05, 4.69) is 53.2 Å². The Morgan fingerprint density at radius 2 is 1.71 bits per heavy atom. The van der Waals surface area contributed by atoms with E-state index in [0.29, 0.717) is 6.54 Å². The standard InChI is InChI=1S/C24H22FN3/c1-16-13-28(14-16)15-18-8-11-22(21-5-3-2-4-20(18)21)24-26-12-23(27-24)17-6-9-19(25)10-7-17/h2-11,16H,12-15H2,1H3. The minimum atomic E-state index is -0.235. The van der Waals surface area contributed by atoms with Crippen molar-refractivity contribution in [2.75, 3.05) is 19.6 Å². The summed E-state index contributed by atoms with van der Waals surface area (Å²) in [5.74, 6) is 1.33. The molecular formula is C24H22FN3. The van der Waals surface area contributed by atoms with Crippen molar-refractivity contribution >= 4 is 22.3 Å². The normalized spacial score (nSPS) is 17.5. The van der Waals surface area contributed by atoms with E-state index in [4.69, 9.17) is 4.99 Å². The monoisotopic (exact) mass is 371 g/mol. The molecule has 0 bridgehead atoms. The molecule has 3 aromatic carbocycles. The first-order valence-electron chi connectivity index (χ1n) is 9.79. The van der Waals surface area contributed by atoms with Gasteiger partial charge in [-0.25, -0.2) is 9.38 Å². The molecule has 0 amide bonds. The number of fused-ring (bicyclic) bond motifs is 1. The average molecular weight is 371 g/mol. The average Bonchev–Trinajstić information content (AvgIpc) is 3.17. The zero-order valence-electron chi connectivity index (χ0n) is 15.9. The molecule has 0 spiro atoms. The molecule has 140 valence electrons. The van der Waals surface area contributed by atoms with Gasteiger partial charge in [-0.05, 0) is 39.9 Å². The Morgan fingerprint density at radius 1 is 0.964 bits per heavy atom. The molecule has 28 heavy (non-hydrogen) atoms. The molecule has 2 aliphatic rings. The number of benzene rings is 3. The van der Waals surface area contributed by atoms with E-state index in [9.17, 15) is 4.39 Å². The van der Waals surface area contributed by atoms with Gasteiger partial charge < -0.3 is 0 Å². The first-order chi connectivity index (χ1) is 13.7. The van der Waals surface area contributed by atoms with E-state index in [1.165, 1.54) is 41.6 Å². The lowest BCUT2D eigenvalue weighted by Gasteiger charge is -2.37. The summed E-state index contributed by atoms with van der Waals surface area (Å²) in [6.45, 7) is 6.17. The Balaban J connectivity index is 1.49. The topological polar surface area (TPSA) is 28.0 Å². The maximum Gasteiger partial charge on any atom is 0.155 e. The second-order valence-electron chi connectivity index (χ2n) is 7.82. The molecular weight excluding hydrogens is 349 g/mol. The molecule has 3 aromatic rings. The predicted octanol–water partition coefficient (Wildman–Crippen LogP) is 4.68. The summed E-state index contributed by atoms with van der Waals surface area (Å²) in [6.07, 6.45) is 0. The number of amidine groups is 1. The van der Waals surface area contributed by atoms with Crippen LogP contribution < -0.4 is 0 Å². The lowest BCUT2D eigenvalue weighted by atomic mass is 9.96. The van der Waals surface area contributed by atoms with Crippen LogP contribution >= 0.6 is 0 Å². The van der Waals surface area contributed by atoms with Gasteiger partial charge >= 0.3 is 0 Å². The van der Waals surface area contributed by atoms with Gasteiger partial charge in [0.05, 0.1) is 12.3 Å². The number of hydrogen-bond acceptors (Lipinski definition) is 3. The summed E-state index contributed by atoms with van der Waals surface area (Å²) in [4.78, 5) is 11.9. The Bertz CT molecular complexity index is 1090. The number of aliphatic imine (C=N–C) groups is 2. The van der Waals surface area contributed by atoms with Crippen LogP contribution in [0.2, 0.25) is 0 Å². The highest BCUT2D eigenvalue weighted by Crippen LogP contribution is 2.28. The molecule has 0 N–H and O–H groups in total. The summed E-state index contributed by atoms with van der Waals surface area (Å²) < 4.78 is 13.2. The van der Waals surface area contributed by atoms with Crippen molar-refractivity contribution in [1.82, 2.24) is 4.90 Å². The van der Waals surface area contributed by atoms with E-state index >= 15 is 0 Å². The van der Waals surface area contributed by atoms with Gasteiger partial charge in [0, 0.05) is 25.2 Å². The number of halogens is 1. The van der Waals surface area contributed by atoms with Gasteiger partial charge in [0.25, 0.3) is 0 Å². The zero-order valence-corrected chi connectivity index (χ0v) is 15.9. The third-order valence-electron chi connectivity index (χ3n) is 5.59. The quantitative estimate of drug-likeness (QED) is 0.654. The van der Waals surface area contributed by atoms with Crippen LogP contribution in [0.1, 0.15) is 23.6 Å². The molecule has 5 rings (SSSR count). The second-order valence-corrected chi connectivity index (χ2v) is 7.82. The van der Waals surface area contributed by atoms with Crippen molar-refractivity contribution in [3.63, 3.8) is 0 Å². The summed E-state index contributed by atoms with van der Waals surface area (Å²) in [7, 11) is 0. The Morgan fingerprint density at radius 3 is 2.46 bits per heavy atom. The molecule has 0 saturated carbocycles. The number of rotatable bonds is 4. The summed E-state index contributed by atoms with van der Waals surface area (Å²) in [5.41, 5.74) is 4.23. The van der Waals surface area contributed by atoms with Gasteiger partial charge in [-0.15, -0.1) is 0 Å². The molecule has 0 aromatic heterocycles. The molecule has 4 heteroatoms. The molecule has 1 saturated heterocycles. The molecule has 0 aliphatic carbocycles. The zero-order chi connectivity index (χ0) is 19.1. The van der Waals surface area contributed by atoms with E-state index in [0.717, 1.165) is 35.1 Å². The SMILES string of the molecule is CC1CN(Cc2ccc(C3=NCC(c4ccc(F)cc4)=N3)c3ccccc23)C1. The van der Waals surface area contributed by atoms with Gasteiger partial charge in [0.15, 0.2) is 5.84 Å². The molecule has 3 nitrogen and oxygen atoms in total. The van der Waals surface area contributed by atoms with Crippen LogP contribution in [0.15, 0.2) is 70.6 Å². The van der Waals surface area contributed by atoms with E-state index in [-0.39, 0.29) is 5.82 Å². The minimum absolute atomic E-state index is 0.235. The molecule has 0 atom stereocenters. The van der Waals surface area contributed by atoms with Crippen molar-refractivity contribution in [1.29, 1.82) is 0 Å². The lowest BCUT2D eigenvalue weighted by molar-refractivity contribution is 0.105. The maximum atomic E-state index is 13.2. The van der Waals surface area contributed by atoms with E-state index in [1.54, 1.807) is 12.1 Å². The van der Waals surface area contributed by atoms with Crippen LogP contribution in [-0.2, 0) is 6.54 Å². The van der Waals surface area contributed by atoms with Crippen LogP contribution in [0.4, 0.5) is 4.39 Å². The molecule has 0 unspecified atom stereocenters. The van der Waals surface area contributed by atoms with Crippen LogP contribution in [-0.4, -0.2) is 36.1 Å². The number of hydrogen-bond donors (Lipinski definition) is 0. The van der Waals surface area contributed by atoms with Gasteiger partial charge in [-0.1, -0.05) is 55.5 Å². The van der Waals surface area contributed by atoms with Gasteiger partial charge in [-0.2, -0.15) is 0 Å². The predicted molar refractivity (Wildman–Crippen MR) is 113 cm³/mol. The first kappa shape index (κ1) is 17.3. The summed E-state index contributed by atoms with van der Waals surface area (Å²) in [6, 6.07) is 19.3. The van der Waals surface area contributed by atoms with Gasteiger partial charge in [-0.3, -0.25) is 9.89 Å². The third kappa shape index (κ3) is 3.14. The van der Waals surface area contributed by atoms with Crippen LogP contribution in [0, 0.1) is 11.7 Å². The number of nitrogens with zero attached hydrogens (tertiary/aromatic N) is 3. The molecule has 1 fully saturated rings. The van der Waals surface area contributed by atoms with Gasteiger partial charge in [0.2, 0.25) is 0 Å². The minimum Gasteiger partial charge on any atom is -0.298 e. The summed E-state index contributed by atoms with van der Waals surface area (Å²) >= 11 is 0. The highest BCUT2D eigenvalue weighted by Gasteiger charge is 2.23. The van der Waals surface area contributed by atoms with Crippen LogP contribution in [0.5, 0.6) is 0 Å². The molecule has 0 radical (unpaired) electrons. The van der Waals surface area contributed by atoms with E-state index < -0.39 is 0 Å². The maximum absolute atomic E-state index is 13.2. The Labute approximate surface area is 164 Å². The second kappa shape index (κ2) is 6.95. The van der Waals surface area contributed by atoms with Crippen molar-refractivity contribution in [2.45, 2.75) is 13.5 Å². The van der Waals surface area contributed by atoms with Crippen LogP contribution in [0.25, 0.3) is 10.8 Å². The Hall–Kier alpha value is -2.85. The van der Waals surface area contributed by atoms with Crippen molar-refractivity contribution in [3.05, 3.63) is 83.2 Å². The van der Waals surface area contributed by atoms with Gasteiger partial charge in [0.1, 0.15) is 5.82 Å². The van der Waals surface area contributed by atoms with E-state index in [1.807, 2.05) is 0 Å². The largest absolute Gasteiger partial charge is 0.298 e. The fraction of sp³-hybridized carbons (Fsp3) is 0.250. The summed E-state index contributed by atoms with van der Waals surface area (Å²) in [5, 5.41) is 2.46. The first-order valence-corrected chi connectivity index (χ1v) is 9.79. The fourth-order valence-electron chi connectivity index (χ4n) is 4.18. The van der Waals surface area contributed by atoms with Crippen molar-refractivity contribution < 1.29 is 4.39 Å². The van der Waals surface area contributed by atoms with Crippen molar-refractivity contribution in [3.8, 4) is 0 Å². The molecule has 2 aliphatic heterocycles. The Kier molecular flexibility index (Phi) is 4.29. The third-order valence-corrected chi connectivity index (χ3v) is 5.59. The highest BCUT2D eigenvalue weighted by molar-refractivity contribution is 6.20. The smallest absolute Gasteiger partial charge is 0.155 e. The molecule has 2 heterocycles.